The molecule has 0 heterocycles. The van der Waals surface area contributed by atoms with Gasteiger partial charge in [0.05, 0.1) is 0 Å². The van der Waals surface area contributed by atoms with E-state index in [-0.39, 0.29) is 24.5 Å². The lowest BCUT2D eigenvalue weighted by Crippen LogP contribution is -2.36. The quantitative estimate of drug-likeness (QED) is 0.475. The molecule has 5 nitrogen and oxygen atoms in total. The predicted molar refractivity (Wildman–Crippen MR) is 65.8 cm³/mol. The van der Waals surface area contributed by atoms with E-state index in [0.717, 1.165) is 12.8 Å². The van der Waals surface area contributed by atoms with E-state index in [9.17, 15) is 9.18 Å². The number of nitrogen functional groups attached to an aromatic ring is 1. The summed E-state index contributed by atoms with van der Waals surface area (Å²) in [4.78, 5) is 11.4. The number of amidine groups is 1. The van der Waals surface area contributed by atoms with Crippen molar-refractivity contribution in [2.45, 2.75) is 25.4 Å². The van der Waals surface area contributed by atoms with Crippen LogP contribution in [0, 0.1) is 11.2 Å². The topological polar surface area (TPSA) is 91.0 Å². The number of amides is 2. The maximum absolute atomic E-state index is 13.6. The van der Waals surface area contributed by atoms with Crippen LogP contribution in [0.3, 0.4) is 0 Å². The van der Waals surface area contributed by atoms with Crippen LogP contribution in [0.2, 0.25) is 0 Å². The average molecular weight is 250 g/mol. The molecular weight excluding hydrogens is 235 g/mol. The zero-order valence-corrected chi connectivity index (χ0v) is 9.79. The summed E-state index contributed by atoms with van der Waals surface area (Å²) < 4.78 is 13.6. The van der Waals surface area contributed by atoms with E-state index in [0.29, 0.717) is 11.1 Å². The van der Waals surface area contributed by atoms with Crippen molar-refractivity contribution >= 4 is 11.9 Å². The number of nitrogens with one attached hydrogen (secondary N) is 3. The Labute approximate surface area is 104 Å². The molecule has 18 heavy (non-hydrogen) atoms. The Bertz CT molecular complexity index is 485. The standard InChI is InChI=1S/C12H15FN4O/c13-10-5-7(11(14)15)1-2-8(10)6-16-12(18)17-9-3-4-9/h1-2,5,9H,3-4,6H2,(H3,14,15)(H2,16,17,18). The number of halogens is 1. The lowest BCUT2D eigenvalue weighted by molar-refractivity contribution is 0.240. The van der Waals surface area contributed by atoms with Crippen molar-refractivity contribution in [2.75, 3.05) is 0 Å². The molecule has 1 aliphatic carbocycles. The summed E-state index contributed by atoms with van der Waals surface area (Å²) in [6, 6.07) is 4.26. The Hall–Kier alpha value is -2.11. The van der Waals surface area contributed by atoms with Crippen molar-refractivity contribution in [3.8, 4) is 0 Å². The van der Waals surface area contributed by atoms with Gasteiger partial charge in [-0.25, -0.2) is 9.18 Å². The molecule has 1 aromatic rings. The Morgan fingerprint density at radius 1 is 1.50 bits per heavy atom. The molecule has 1 fully saturated rings. The van der Waals surface area contributed by atoms with Crippen LogP contribution < -0.4 is 16.4 Å². The first-order valence-electron chi connectivity index (χ1n) is 5.73. The minimum absolute atomic E-state index is 0.114. The molecule has 5 N–H and O–H groups in total. The Morgan fingerprint density at radius 2 is 2.22 bits per heavy atom. The van der Waals surface area contributed by atoms with Crippen LogP contribution in [-0.4, -0.2) is 17.9 Å². The molecule has 2 rings (SSSR count). The maximum atomic E-state index is 13.6. The van der Waals surface area contributed by atoms with Crippen molar-refractivity contribution in [3.05, 3.63) is 35.1 Å². The normalized spacial score (nSPS) is 14.1. The van der Waals surface area contributed by atoms with Gasteiger partial charge >= 0.3 is 6.03 Å². The number of nitrogens with two attached hydrogens (primary N) is 1. The minimum Gasteiger partial charge on any atom is -0.384 e. The zero-order valence-electron chi connectivity index (χ0n) is 9.79. The second kappa shape index (κ2) is 5.03. The number of carbonyl (C=O) groups excluding carboxylic acids is 1. The predicted octanol–water partition coefficient (Wildman–Crippen LogP) is 1.07. The average Bonchev–Trinajstić information content (AvgIpc) is 3.11. The highest BCUT2D eigenvalue weighted by molar-refractivity contribution is 5.94. The number of benzene rings is 1. The zero-order chi connectivity index (χ0) is 13.1. The van der Waals surface area contributed by atoms with Gasteiger partial charge in [-0.05, 0) is 18.9 Å². The highest BCUT2D eigenvalue weighted by Crippen LogP contribution is 2.18. The Kier molecular flexibility index (Phi) is 3.45. The third kappa shape index (κ3) is 3.19. The van der Waals surface area contributed by atoms with Gasteiger partial charge < -0.3 is 16.4 Å². The number of hydrogen-bond acceptors (Lipinski definition) is 2. The molecule has 1 saturated carbocycles. The summed E-state index contributed by atoms with van der Waals surface area (Å²) in [5, 5.41) is 12.5. The summed E-state index contributed by atoms with van der Waals surface area (Å²) in [6.07, 6.45) is 2.02. The first-order chi connectivity index (χ1) is 8.56. The molecule has 0 aromatic heterocycles. The lowest BCUT2D eigenvalue weighted by atomic mass is 10.1. The van der Waals surface area contributed by atoms with E-state index < -0.39 is 5.82 Å². The third-order valence-corrected chi connectivity index (χ3v) is 2.72. The lowest BCUT2D eigenvalue weighted by Gasteiger charge is -2.08. The van der Waals surface area contributed by atoms with Crippen molar-refractivity contribution < 1.29 is 9.18 Å². The fourth-order valence-electron chi connectivity index (χ4n) is 1.50. The largest absolute Gasteiger partial charge is 0.384 e. The van der Waals surface area contributed by atoms with Gasteiger partial charge in [0, 0.05) is 23.7 Å². The third-order valence-electron chi connectivity index (χ3n) is 2.72. The van der Waals surface area contributed by atoms with E-state index in [2.05, 4.69) is 10.6 Å². The van der Waals surface area contributed by atoms with Crippen LogP contribution in [0.1, 0.15) is 24.0 Å². The van der Waals surface area contributed by atoms with Crippen LogP contribution in [0.4, 0.5) is 9.18 Å². The van der Waals surface area contributed by atoms with Gasteiger partial charge in [-0.15, -0.1) is 0 Å². The van der Waals surface area contributed by atoms with Crippen LogP contribution in [0.5, 0.6) is 0 Å². The molecule has 0 spiro atoms. The van der Waals surface area contributed by atoms with Crippen molar-refractivity contribution in [3.63, 3.8) is 0 Å². The van der Waals surface area contributed by atoms with Gasteiger partial charge in [0.2, 0.25) is 0 Å². The molecule has 0 bridgehead atoms. The SMILES string of the molecule is N=C(N)c1ccc(CNC(=O)NC2CC2)c(F)c1. The highest BCUT2D eigenvalue weighted by atomic mass is 19.1. The van der Waals surface area contributed by atoms with Gasteiger partial charge in [0.15, 0.2) is 0 Å². The summed E-state index contributed by atoms with van der Waals surface area (Å²) in [7, 11) is 0. The van der Waals surface area contributed by atoms with Gasteiger partial charge in [0.25, 0.3) is 0 Å². The van der Waals surface area contributed by atoms with Crippen molar-refractivity contribution in [1.29, 1.82) is 5.41 Å². The van der Waals surface area contributed by atoms with Gasteiger partial charge in [-0.1, -0.05) is 12.1 Å². The van der Waals surface area contributed by atoms with E-state index in [1.165, 1.54) is 12.1 Å². The van der Waals surface area contributed by atoms with E-state index in [1.54, 1.807) is 6.07 Å². The number of rotatable bonds is 4. The van der Waals surface area contributed by atoms with E-state index in [1.807, 2.05) is 0 Å². The van der Waals surface area contributed by atoms with Crippen LogP contribution in [0.25, 0.3) is 0 Å². The molecule has 0 radical (unpaired) electrons. The second-order valence-corrected chi connectivity index (χ2v) is 4.32. The summed E-state index contributed by atoms with van der Waals surface area (Å²) in [5.41, 5.74) is 5.95. The molecule has 0 unspecified atom stereocenters. The first kappa shape index (κ1) is 12.3. The van der Waals surface area contributed by atoms with E-state index in [4.69, 9.17) is 11.1 Å². The molecule has 1 aliphatic rings. The smallest absolute Gasteiger partial charge is 0.315 e. The molecule has 0 atom stereocenters. The van der Waals surface area contributed by atoms with Gasteiger partial charge in [-0.2, -0.15) is 0 Å². The molecule has 1 aromatic carbocycles. The fraction of sp³-hybridized carbons (Fsp3) is 0.333. The molecular formula is C12H15FN4O. The molecule has 0 aliphatic heterocycles. The Morgan fingerprint density at radius 3 is 2.78 bits per heavy atom. The monoisotopic (exact) mass is 250 g/mol. The summed E-state index contributed by atoms with van der Waals surface area (Å²) in [6.45, 7) is 0.114. The molecule has 2 amide bonds. The molecule has 96 valence electrons. The second-order valence-electron chi connectivity index (χ2n) is 4.32. The highest BCUT2D eigenvalue weighted by Gasteiger charge is 2.23. The Balaban J connectivity index is 1.92. The van der Waals surface area contributed by atoms with Crippen LogP contribution >= 0.6 is 0 Å². The van der Waals surface area contributed by atoms with Crippen LogP contribution in [-0.2, 0) is 6.54 Å². The van der Waals surface area contributed by atoms with Crippen molar-refractivity contribution in [2.24, 2.45) is 5.73 Å². The van der Waals surface area contributed by atoms with E-state index >= 15 is 0 Å². The number of hydrogen-bond donors (Lipinski definition) is 4. The minimum atomic E-state index is -0.477. The molecule has 0 saturated heterocycles. The summed E-state index contributed by atoms with van der Waals surface area (Å²) >= 11 is 0. The van der Waals surface area contributed by atoms with Crippen LogP contribution in [0.15, 0.2) is 18.2 Å². The van der Waals surface area contributed by atoms with Gasteiger partial charge in [0.1, 0.15) is 11.7 Å². The number of carbonyl (C=O) groups is 1. The maximum Gasteiger partial charge on any atom is 0.315 e. The fourth-order valence-corrected chi connectivity index (χ4v) is 1.50. The van der Waals surface area contributed by atoms with Gasteiger partial charge in [-0.3, -0.25) is 5.41 Å². The summed E-state index contributed by atoms with van der Waals surface area (Å²) in [5.74, 6) is -0.658. The van der Waals surface area contributed by atoms with Crippen molar-refractivity contribution in [1.82, 2.24) is 10.6 Å². The first-order valence-corrected chi connectivity index (χ1v) is 5.73. The number of urea groups is 1. The molecule has 6 heteroatoms.